The molecule has 1 aromatic carbocycles. The van der Waals surface area contributed by atoms with Crippen molar-refractivity contribution in [2.24, 2.45) is 5.73 Å². The molecule has 0 bridgehead atoms. The lowest BCUT2D eigenvalue weighted by Crippen LogP contribution is -2.37. The van der Waals surface area contributed by atoms with Crippen molar-refractivity contribution >= 4 is 27.5 Å². The molecule has 2 aromatic heterocycles. The molecular weight excluding hydrogens is 400 g/mol. The van der Waals surface area contributed by atoms with Crippen molar-refractivity contribution in [3.63, 3.8) is 0 Å². The first-order valence-electron chi connectivity index (χ1n) is 10.0. The van der Waals surface area contributed by atoms with Crippen LogP contribution in [-0.2, 0) is 6.42 Å². The number of nitrogens with two attached hydrogens (primary N) is 1. The Kier molecular flexibility index (Phi) is 5.62. The van der Waals surface area contributed by atoms with Crippen LogP contribution in [0.3, 0.4) is 0 Å². The quantitative estimate of drug-likeness (QED) is 0.677. The third-order valence-electron chi connectivity index (χ3n) is 5.87. The second kappa shape index (κ2) is 8.20. The molecule has 0 aliphatic carbocycles. The van der Waals surface area contributed by atoms with Gasteiger partial charge in [-0.25, -0.2) is 4.98 Å². The number of aromatic nitrogens is 2. The number of hydrogen-bond acceptors (Lipinski definition) is 6. The van der Waals surface area contributed by atoms with Crippen LogP contribution in [0, 0.1) is 6.92 Å². The molecule has 1 fully saturated rings. The minimum Gasteiger partial charge on any atom is -0.497 e. The largest absolute Gasteiger partial charge is 0.497 e. The molecule has 0 unspecified atom stereocenters. The molecule has 8 heteroatoms. The lowest BCUT2D eigenvalue weighted by Gasteiger charge is -2.31. The summed E-state index contributed by atoms with van der Waals surface area (Å²) in [6, 6.07) is 7.89. The highest BCUT2D eigenvalue weighted by atomic mass is 32.1. The van der Waals surface area contributed by atoms with E-state index in [-0.39, 0.29) is 11.6 Å². The van der Waals surface area contributed by atoms with Crippen molar-refractivity contribution in [1.82, 2.24) is 14.5 Å². The average molecular weight is 427 g/mol. The molecule has 1 aliphatic rings. The first-order chi connectivity index (χ1) is 14.4. The van der Waals surface area contributed by atoms with Crippen molar-refractivity contribution < 1.29 is 9.53 Å². The van der Waals surface area contributed by atoms with Gasteiger partial charge in [-0.1, -0.05) is 12.1 Å². The van der Waals surface area contributed by atoms with E-state index in [1.165, 1.54) is 11.3 Å². The lowest BCUT2D eigenvalue weighted by atomic mass is 10.0. The van der Waals surface area contributed by atoms with Gasteiger partial charge in [0.05, 0.1) is 17.4 Å². The number of thiophene rings is 1. The number of carbonyl (C=O) groups excluding carboxylic acids is 1. The van der Waals surface area contributed by atoms with Gasteiger partial charge >= 0.3 is 0 Å². The third-order valence-corrected chi connectivity index (χ3v) is 7.07. The van der Waals surface area contributed by atoms with Crippen LogP contribution in [-0.4, -0.2) is 47.6 Å². The van der Waals surface area contributed by atoms with Gasteiger partial charge in [0, 0.05) is 12.5 Å². The monoisotopic (exact) mass is 426 g/mol. The molecule has 30 heavy (non-hydrogen) atoms. The van der Waals surface area contributed by atoms with E-state index in [4.69, 9.17) is 15.5 Å². The number of hydrogen-bond donors (Lipinski definition) is 1. The van der Waals surface area contributed by atoms with E-state index in [1.54, 1.807) is 14.0 Å². The van der Waals surface area contributed by atoms with Crippen molar-refractivity contribution in [3.8, 4) is 5.75 Å². The Morgan fingerprint density at radius 3 is 2.53 bits per heavy atom. The van der Waals surface area contributed by atoms with Crippen LogP contribution in [0.15, 0.2) is 29.1 Å². The highest BCUT2D eigenvalue weighted by molar-refractivity contribution is 7.20. The Balaban J connectivity index is 1.86. The number of rotatable bonds is 5. The Morgan fingerprint density at radius 1 is 1.27 bits per heavy atom. The molecule has 1 saturated heterocycles. The number of primary amides is 1. The Hall–Kier alpha value is -2.71. The number of nitrogens with zero attached hydrogens (tertiary/aromatic N) is 3. The summed E-state index contributed by atoms with van der Waals surface area (Å²) in [5.41, 5.74) is 7.15. The maximum absolute atomic E-state index is 13.6. The van der Waals surface area contributed by atoms with E-state index >= 15 is 0 Å². The molecule has 0 saturated carbocycles. The number of likely N-dealkylation sites (tertiary alicyclic amines) is 1. The highest BCUT2D eigenvalue weighted by Crippen LogP contribution is 2.30. The number of fused-ring (bicyclic) bond motifs is 1. The normalized spacial score (nSPS) is 15.6. The summed E-state index contributed by atoms with van der Waals surface area (Å²) in [6.07, 6.45) is 2.32. The lowest BCUT2D eigenvalue weighted by molar-refractivity contribution is 0.100. The van der Waals surface area contributed by atoms with Crippen molar-refractivity contribution in [3.05, 3.63) is 56.4 Å². The molecule has 158 valence electrons. The van der Waals surface area contributed by atoms with Crippen molar-refractivity contribution in [2.75, 3.05) is 27.2 Å². The van der Waals surface area contributed by atoms with Gasteiger partial charge in [0.1, 0.15) is 16.4 Å². The van der Waals surface area contributed by atoms with E-state index in [0.29, 0.717) is 27.1 Å². The summed E-state index contributed by atoms with van der Waals surface area (Å²) < 4.78 is 7.11. The summed E-state index contributed by atoms with van der Waals surface area (Å²) >= 11 is 1.21. The van der Waals surface area contributed by atoms with Crippen molar-refractivity contribution in [1.29, 1.82) is 0 Å². The van der Waals surface area contributed by atoms with Gasteiger partial charge in [0.25, 0.3) is 11.5 Å². The van der Waals surface area contributed by atoms with Crippen LogP contribution in [0.25, 0.3) is 10.2 Å². The maximum atomic E-state index is 13.6. The highest BCUT2D eigenvalue weighted by Gasteiger charge is 2.26. The fourth-order valence-corrected chi connectivity index (χ4v) is 5.20. The van der Waals surface area contributed by atoms with Gasteiger partial charge in [-0.15, -0.1) is 11.3 Å². The minimum atomic E-state index is -0.516. The minimum absolute atomic E-state index is 0.0701. The molecule has 0 spiro atoms. The summed E-state index contributed by atoms with van der Waals surface area (Å²) in [5, 5.41) is 0.520. The van der Waals surface area contributed by atoms with E-state index in [9.17, 15) is 9.59 Å². The van der Waals surface area contributed by atoms with E-state index in [2.05, 4.69) is 11.9 Å². The van der Waals surface area contributed by atoms with Crippen LogP contribution < -0.4 is 16.0 Å². The molecule has 3 heterocycles. The Morgan fingerprint density at radius 2 is 1.93 bits per heavy atom. The van der Waals surface area contributed by atoms with Crippen LogP contribution >= 0.6 is 11.3 Å². The summed E-state index contributed by atoms with van der Waals surface area (Å²) in [6.45, 7) is 3.66. The summed E-state index contributed by atoms with van der Waals surface area (Å²) in [4.78, 5) is 33.6. The van der Waals surface area contributed by atoms with E-state index < -0.39 is 5.91 Å². The predicted molar refractivity (Wildman–Crippen MR) is 119 cm³/mol. The molecular formula is C22H26N4O3S. The maximum Gasteiger partial charge on any atom is 0.262 e. The summed E-state index contributed by atoms with van der Waals surface area (Å²) in [5.74, 6) is 0.997. The van der Waals surface area contributed by atoms with Crippen molar-refractivity contribution in [2.45, 2.75) is 32.2 Å². The van der Waals surface area contributed by atoms with E-state index in [0.717, 1.165) is 43.1 Å². The molecule has 0 radical (unpaired) electrons. The Bertz CT molecular complexity index is 1140. The number of piperidine rings is 1. The van der Waals surface area contributed by atoms with Gasteiger partial charge < -0.3 is 15.4 Å². The molecule has 1 aliphatic heterocycles. The second-order valence-corrected chi connectivity index (χ2v) is 8.86. The zero-order valence-corrected chi connectivity index (χ0v) is 18.3. The van der Waals surface area contributed by atoms with Crippen LogP contribution in [0.5, 0.6) is 5.75 Å². The average Bonchev–Trinajstić information content (AvgIpc) is 3.07. The number of amides is 1. The number of benzene rings is 1. The molecule has 2 N–H and O–H groups in total. The third kappa shape index (κ3) is 3.73. The zero-order valence-electron chi connectivity index (χ0n) is 17.5. The first kappa shape index (κ1) is 20.6. The number of methoxy groups -OCH3 is 1. The van der Waals surface area contributed by atoms with Gasteiger partial charge in [-0.05, 0) is 63.2 Å². The number of ether oxygens (including phenoxy) is 1. The SMILES string of the molecule is COc1ccc(Cc2nc3sc(C(N)=O)c(C)c3c(=O)n2C2CCN(C)CC2)cc1. The molecule has 0 atom stereocenters. The fraction of sp³-hybridized carbons (Fsp3) is 0.409. The number of aryl methyl sites for hydroxylation is 1. The van der Waals surface area contributed by atoms with Crippen LogP contribution in [0.4, 0.5) is 0 Å². The zero-order chi connectivity index (χ0) is 21.4. The van der Waals surface area contributed by atoms with E-state index in [1.807, 2.05) is 28.8 Å². The summed E-state index contributed by atoms with van der Waals surface area (Å²) in [7, 11) is 3.73. The van der Waals surface area contributed by atoms with Gasteiger partial charge in [0.2, 0.25) is 0 Å². The van der Waals surface area contributed by atoms with Gasteiger partial charge in [0.15, 0.2) is 0 Å². The fourth-order valence-electron chi connectivity index (χ4n) is 4.15. The molecule has 4 rings (SSSR count). The molecule has 7 nitrogen and oxygen atoms in total. The molecule has 1 amide bonds. The second-order valence-electron chi connectivity index (χ2n) is 7.86. The topological polar surface area (TPSA) is 90.5 Å². The number of carbonyl (C=O) groups is 1. The van der Waals surface area contributed by atoms with Crippen LogP contribution in [0.2, 0.25) is 0 Å². The molecule has 3 aromatic rings. The Labute approximate surface area is 179 Å². The van der Waals surface area contributed by atoms with Gasteiger partial charge in [-0.3, -0.25) is 14.2 Å². The first-order valence-corrected chi connectivity index (χ1v) is 10.9. The standard InChI is InChI=1S/C22H26N4O3S/c1-13-18-21(30-19(13)20(23)27)24-17(12-14-4-6-16(29-3)7-5-14)26(22(18)28)15-8-10-25(2)11-9-15/h4-7,15H,8-12H2,1-3H3,(H2,23,27). The smallest absolute Gasteiger partial charge is 0.262 e. The predicted octanol–water partition coefficient (Wildman–Crippen LogP) is 2.73. The van der Waals surface area contributed by atoms with Gasteiger partial charge in [-0.2, -0.15) is 0 Å². The van der Waals surface area contributed by atoms with Crippen LogP contribution in [0.1, 0.15) is 45.5 Å².